The summed E-state index contributed by atoms with van der Waals surface area (Å²) in [6, 6.07) is 7.97. The topological polar surface area (TPSA) is 61.7 Å². The summed E-state index contributed by atoms with van der Waals surface area (Å²) in [4.78, 5) is 11.6. The van der Waals surface area contributed by atoms with E-state index in [1.54, 1.807) is 12.1 Å². The number of phenolic OH excluding ortho intramolecular Hbond substituents is 1. The molecule has 4 nitrogen and oxygen atoms in total. The number of amides is 1. The summed E-state index contributed by atoms with van der Waals surface area (Å²) in [6.07, 6.45) is 1.19. The van der Waals surface area contributed by atoms with E-state index >= 15 is 0 Å². The Morgan fingerprint density at radius 3 is 2.76 bits per heavy atom. The lowest BCUT2D eigenvalue weighted by Crippen LogP contribution is -2.19. The number of nitrogens with one attached hydrogen (secondary N) is 1. The highest BCUT2D eigenvalue weighted by atomic mass is 79.9. The second-order valence-electron chi connectivity index (χ2n) is 4.00. The Morgan fingerprint density at radius 2 is 2.05 bits per heavy atom. The van der Waals surface area contributed by atoms with Crippen molar-refractivity contribution in [2.24, 2.45) is 5.10 Å². The van der Waals surface area contributed by atoms with Gasteiger partial charge in [0.2, 0.25) is 0 Å². The lowest BCUT2D eigenvalue weighted by atomic mass is 10.2. The predicted molar refractivity (Wildman–Crippen MR) is 77.2 cm³/mol. The summed E-state index contributed by atoms with van der Waals surface area (Å²) in [5.41, 5.74) is 1.97. The van der Waals surface area contributed by atoms with Crippen LogP contribution in [0.3, 0.4) is 0 Å². The Kier molecular flexibility index (Phi) is 4.64. The normalized spacial score (nSPS) is 10.8. The Morgan fingerprint density at radius 1 is 1.29 bits per heavy atom. The first-order chi connectivity index (χ1) is 9.99. The molecule has 0 heterocycles. The molecular formula is C14H9BrF2N2O2. The fraction of sp³-hybridized carbons (Fsp3) is 0. The average molecular weight is 355 g/mol. The molecule has 0 spiro atoms. The van der Waals surface area contributed by atoms with Crippen molar-refractivity contribution in [1.29, 1.82) is 0 Å². The van der Waals surface area contributed by atoms with Crippen LogP contribution in [-0.4, -0.2) is 17.2 Å². The quantitative estimate of drug-likeness (QED) is 0.656. The number of carbonyl (C=O) groups is 1. The van der Waals surface area contributed by atoms with E-state index < -0.39 is 23.1 Å². The van der Waals surface area contributed by atoms with Gasteiger partial charge in [-0.25, -0.2) is 14.2 Å². The third-order valence-corrected chi connectivity index (χ3v) is 3.05. The number of phenols is 1. The molecule has 2 aromatic rings. The van der Waals surface area contributed by atoms with Gasteiger partial charge in [-0.1, -0.05) is 22.0 Å². The first kappa shape index (κ1) is 15.1. The zero-order chi connectivity index (χ0) is 15.4. The van der Waals surface area contributed by atoms with E-state index in [0.717, 1.165) is 12.1 Å². The minimum Gasteiger partial charge on any atom is -0.507 e. The summed E-state index contributed by atoms with van der Waals surface area (Å²) in [6.45, 7) is 0. The van der Waals surface area contributed by atoms with Crippen LogP contribution in [0.25, 0.3) is 0 Å². The van der Waals surface area contributed by atoms with Gasteiger partial charge in [0.15, 0.2) is 11.6 Å². The number of hydrazone groups is 1. The average Bonchev–Trinajstić information content (AvgIpc) is 2.44. The molecule has 0 unspecified atom stereocenters. The molecule has 21 heavy (non-hydrogen) atoms. The molecule has 0 aliphatic heterocycles. The second kappa shape index (κ2) is 6.45. The Balaban J connectivity index is 2.10. The van der Waals surface area contributed by atoms with Gasteiger partial charge in [-0.05, 0) is 30.3 Å². The van der Waals surface area contributed by atoms with E-state index in [-0.39, 0.29) is 5.75 Å². The zero-order valence-corrected chi connectivity index (χ0v) is 12.1. The third-order valence-electron chi connectivity index (χ3n) is 2.56. The molecule has 0 aromatic heterocycles. The smallest absolute Gasteiger partial charge is 0.274 e. The fourth-order valence-electron chi connectivity index (χ4n) is 1.53. The molecule has 2 aromatic carbocycles. The summed E-state index contributed by atoms with van der Waals surface area (Å²) < 4.78 is 27.0. The zero-order valence-electron chi connectivity index (χ0n) is 10.5. The maximum absolute atomic E-state index is 13.4. The third kappa shape index (κ3) is 3.63. The number of hydrogen-bond acceptors (Lipinski definition) is 3. The lowest BCUT2D eigenvalue weighted by Gasteiger charge is -2.02. The van der Waals surface area contributed by atoms with Crippen molar-refractivity contribution in [3.8, 4) is 5.75 Å². The molecule has 2 N–H and O–H groups in total. The summed E-state index contributed by atoms with van der Waals surface area (Å²) in [5.74, 6) is -3.28. The second-order valence-corrected chi connectivity index (χ2v) is 4.92. The molecule has 7 heteroatoms. The van der Waals surface area contributed by atoms with E-state index in [2.05, 4.69) is 26.5 Å². The Bertz CT molecular complexity index is 720. The van der Waals surface area contributed by atoms with Crippen LogP contribution < -0.4 is 5.43 Å². The van der Waals surface area contributed by atoms with Crippen LogP contribution in [-0.2, 0) is 0 Å². The van der Waals surface area contributed by atoms with Gasteiger partial charge < -0.3 is 5.11 Å². The van der Waals surface area contributed by atoms with Gasteiger partial charge in [0.25, 0.3) is 5.91 Å². The number of benzene rings is 2. The largest absolute Gasteiger partial charge is 0.507 e. The summed E-state index contributed by atoms with van der Waals surface area (Å²) in [7, 11) is 0. The van der Waals surface area contributed by atoms with Crippen LogP contribution in [0.4, 0.5) is 8.78 Å². The molecule has 0 saturated carbocycles. The number of hydrogen-bond donors (Lipinski definition) is 2. The van der Waals surface area contributed by atoms with E-state index in [4.69, 9.17) is 0 Å². The van der Waals surface area contributed by atoms with Crippen LogP contribution >= 0.6 is 15.9 Å². The van der Waals surface area contributed by atoms with Crippen LogP contribution in [0.2, 0.25) is 0 Å². The van der Waals surface area contributed by atoms with Crippen molar-refractivity contribution in [2.75, 3.05) is 0 Å². The summed E-state index contributed by atoms with van der Waals surface area (Å²) in [5, 5.41) is 13.2. The first-order valence-corrected chi connectivity index (χ1v) is 6.54. The van der Waals surface area contributed by atoms with Crippen molar-refractivity contribution in [2.45, 2.75) is 0 Å². The minimum atomic E-state index is -1.24. The minimum absolute atomic E-state index is 0.0423. The van der Waals surface area contributed by atoms with Crippen LogP contribution in [0.5, 0.6) is 5.75 Å². The van der Waals surface area contributed by atoms with Gasteiger partial charge in [0, 0.05) is 10.0 Å². The monoisotopic (exact) mass is 354 g/mol. The molecule has 2 rings (SSSR count). The van der Waals surface area contributed by atoms with E-state index in [9.17, 15) is 18.7 Å². The van der Waals surface area contributed by atoms with Crippen LogP contribution in [0.15, 0.2) is 46.0 Å². The van der Waals surface area contributed by atoms with E-state index in [1.165, 1.54) is 18.3 Å². The van der Waals surface area contributed by atoms with Gasteiger partial charge in [-0.2, -0.15) is 5.10 Å². The molecule has 0 saturated heterocycles. The highest BCUT2D eigenvalue weighted by Crippen LogP contribution is 2.20. The first-order valence-electron chi connectivity index (χ1n) is 5.75. The van der Waals surface area contributed by atoms with Gasteiger partial charge in [0.05, 0.1) is 11.8 Å². The maximum Gasteiger partial charge on any atom is 0.274 e. The van der Waals surface area contributed by atoms with Crippen molar-refractivity contribution >= 4 is 28.1 Å². The predicted octanol–water partition coefficient (Wildman–Crippen LogP) is 3.20. The van der Waals surface area contributed by atoms with Crippen molar-refractivity contribution in [3.05, 3.63) is 63.6 Å². The van der Waals surface area contributed by atoms with E-state index in [1.807, 2.05) is 0 Å². The highest BCUT2D eigenvalue weighted by Gasteiger charge is 2.14. The fourth-order valence-corrected chi connectivity index (χ4v) is 1.87. The molecule has 0 radical (unpaired) electrons. The highest BCUT2D eigenvalue weighted by molar-refractivity contribution is 9.10. The molecule has 1 amide bonds. The lowest BCUT2D eigenvalue weighted by molar-refractivity contribution is 0.0950. The Labute approximate surface area is 127 Å². The van der Waals surface area contributed by atoms with Crippen molar-refractivity contribution in [3.63, 3.8) is 0 Å². The molecule has 0 aliphatic carbocycles. The SMILES string of the molecule is O=C(N/N=C/c1ccc(Br)cc1O)c1cccc(F)c1F. The van der Waals surface area contributed by atoms with E-state index in [0.29, 0.717) is 10.0 Å². The number of halogens is 3. The van der Waals surface area contributed by atoms with Gasteiger partial charge in [-0.15, -0.1) is 0 Å². The number of aromatic hydroxyl groups is 1. The number of carbonyl (C=O) groups excluding carboxylic acids is 1. The standard InChI is InChI=1S/C14H9BrF2N2O2/c15-9-5-4-8(12(20)6-9)7-18-19-14(21)10-2-1-3-11(16)13(10)17/h1-7,20H,(H,19,21)/b18-7+. The molecule has 108 valence electrons. The summed E-state index contributed by atoms with van der Waals surface area (Å²) >= 11 is 3.18. The molecule has 0 fully saturated rings. The van der Waals surface area contributed by atoms with Gasteiger partial charge in [0.1, 0.15) is 5.75 Å². The molecule has 0 atom stereocenters. The number of rotatable bonds is 3. The van der Waals surface area contributed by atoms with Crippen molar-refractivity contribution in [1.82, 2.24) is 5.43 Å². The Hall–Kier alpha value is -2.28. The van der Waals surface area contributed by atoms with Crippen LogP contribution in [0, 0.1) is 11.6 Å². The van der Waals surface area contributed by atoms with Crippen molar-refractivity contribution < 1.29 is 18.7 Å². The molecule has 0 aliphatic rings. The maximum atomic E-state index is 13.4. The van der Waals surface area contributed by atoms with Gasteiger partial charge >= 0.3 is 0 Å². The molecule has 0 bridgehead atoms. The van der Waals surface area contributed by atoms with Gasteiger partial charge in [-0.3, -0.25) is 4.79 Å². The number of nitrogens with zero attached hydrogens (tertiary/aromatic N) is 1. The van der Waals surface area contributed by atoms with Crippen LogP contribution in [0.1, 0.15) is 15.9 Å². The molecular weight excluding hydrogens is 346 g/mol.